The lowest BCUT2D eigenvalue weighted by Gasteiger charge is -2.12. The van der Waals surface area contributed by atoms with E-state index >= 15 is 0 Å². The van der Waals surface area contributed by atoms with E-state index in [2.05, 4.69) is 26.2 Å². The second kappa shape index (κ2) is 8.69. The van der Waals surface area contributed by atoms with Crippen LogP contribution in [0.4, 0.5) is 5.69 Å². The molecule has 0 aliphatic rings. The molecule has 7 nitrogen and oxygen atoms in total. The maximum atomic E-state index is 12.6. The molecule has 0 spiro atoms. The normalized spacial score (nSPS) is 10.7. The number of nitrogens with zero attached hydrogens (tertiary/aromatic N) is 1. The van der Waals surface area contributed by atoms with Gasteiger partial charge >= 0.3 is 0 Å². The fraction of sp³-hybridized carbons (Fsp3) is 0.130. The number of carbonyl (C=O) groups is 1. The monoisotopic (exact) mass is 482 g/mol. The first kappa shape index (κ1) is 20.7. The van der Waals surface area contributed by atoms with Gasteiger partial charge < -0.3 is 23.9 Å². The summed E-state index contributed by atoms with van der Waals surface area (Å²) in [5, 5.41) is 2.88. The molecule has 4 aromatic rings. The van der Waals surface area contributed by atoms with Crippen LogP contribution in [0.1, 0.15) is 10.4 Å². The highest BCUT2D eigenvalue weighted by Gasteiger charge is 2.18. The Morgan fingerprint density at radius 2 is 1.68 bits per heavy atom. The van der Waals surface area contributed by atoms with Crippen molar-refractivity contribution in [2.45, 2.75) is 0 Å². The van der Waals surface area contributed by atoms with Gasteiger partial charge in [0.15, 0.2) is 17.1 Å². The van der Waals surface area contributed by atoms with E-state index in [4.69, 9.17) is 18.6 Å². The van der Waals surface area contributed by atoms with E-state index in [1.54, 1.807) is 57.7 Å². The van der Waals surface area contributed by atoms with Crippen LogP contribution >= 0.6 is 15.9 Å². The minimum Gasteiger partial charge on any atom is -0.493 e. The van der Waals surface area contributed by atoms with E-state index in [0.717, 1.165) is 4.47 Å². The van der Waals surface area contributed by atoms with E-state index < -0.39 is 0 Å². The Morgan fingerprint density at radius 3 is 2.32 bits per heavy atom. The maximum Gasteiger partial charge on any atom is 0.256 e. The lowest BCUT2D eigenvalue weighted by Crippen LogP contribution is -2.12. The standard InChI is InChI=1S/C23H19BrN2O5/c1-28-19-10-13(11-20(29-2)21(19)30-3)23-26-17-12-14(8-9-18(17)31-23)25-22(27)15-6-4-5-7-16(15)24/h4-12H,1-3H3,(H,25,27). The number of hydrogen-bond acceptors (Lipinski definition) is 6. The van der Waals surface area contributed by atoms with Gasteiger partial charge in [0.1, 0.15) is 5.52 Å². The number of hydrogen-bond donors (Lipinski definition) is 1. The lowest BCUT2D eigenvalue weighted by molar-refractivity contribution is 0.102. The van der Waals surface area contributed by atoms with E-state index in [0.29, 0.717) is 51.1 Å². The molecule has 158 valence electrons. The van der Waals surface area contributed by atoms with Crippen molar-refractivity contribution in [2.24, 2.45) is 0 Å². The Balaban J connectivity index is 1.67. The molecule has 0 aliphatic heterocycles. The summed E-state index contributed by atoms with van der Waals surface area (Å²) < 4.78 is 22.8. The first-order chi connectivity index (χ1) is 15.0. The largest absolute Gasteiger partial charge is 0.493 e. The third kappa shape index (κ3) is 4.06. The van der Waals surface area contributed by atoms with Gasteiger partial charge in [0.05, 0.1) is 26.9 Å². The summed E-state index contributed by atoms with van der Waals surface area (Å²) in [7, 11) is 4.64. The van der Waals surface area contributed by atoms with E-state index in [1.165, 1.54) is 0 Å². The Hall–Kier alpha value is -3.52. The Bertz CT molecular complexity index is 1240. The van der Waals surface area contributed by atoms with Crippen LogP contribution in [-0.2, 0) is 0 Å². The van der Waals surface area contributed by atoms with Crippen LogP contribution in [0.3, 0.4) is 0 Å². The summed E-state index contributed by atoms with van der Waals surface area (Å²) in [5.74, 6) is 1.66. The molecule has 0 saturated heterocycles. The number of fused-ring (bicyclic) bond motifs is 1. The number of benzene rings is 3. The summed E-state index contributed by atoms with van der Waals surface area (Å²) in [6.45, 7) is 0. The number of oxazole rings is 1. The molecule has 1 aromatic heterocycles. The Kier molecular flexibility index (Phi) is 5.81. The topological polar surface area (TPSA) is 82.8 Å². The highest BCUT2D eigenvalue weighted by molar-refractivity contribution is 9.10. The van der Waals surface area contributed by atoms with Gasteiger partial charge in [0, 0.05) is 15.7 Å². The molecule has 0 aliphatic carbocycles. The lowest BCUT2D eigenvalue weighted by atomic mass is 10.2. The average Bonchev–Trinajstić information content (AvgIpc) is 3.21. The number of carbonyl (C=O) groups excluding carboxylic acids is 1. The molecule has 8 heteroatoms. The number of halogens is 1. The molecule has 0 unspecified atom stereocenters. The Morgan fingerprint density at radius 1 is 0.968 bits per heavy atom. The highest BCUT2D eigenvalue weighted by atomic mass is 79.9. The predicted molar refractivity (Wildman–Crippen MR) is 121 cm³/mol. The number of anilines is 1. The van der Waals surface area contributed by atoms with Crippen molar-refractivity contribution in [3.8, 4) is 28.7 Å². The van der Waals surface area contributed by atoms with Gasteiger partial charge in [0.25, 0.3) is 5.91 Å². The van der Waals surface area contributed by atoms with Crippen molar-refractivity contribution in [1.82, 2.24) is 4.98 Å². The van der Waals surface area contributed by atoms with Crippen LogP contribution in [0.15, 0.2) is 63.5 Å². The summed E-state index contributed by atoms with van der Waals surface area (Å²) in [6.07, 6.45) is 0. The molecule has 0 atom stereocenters. The van der Waals surface area contributed by atoms with Crippen molar-refractivity contribution < 1.29 is 23.4 Å². The fourth-order valence-corrected chi connectivity index (χ4v) is 3.64. The van der Waals surface area contributed by atoms with Crippen molar-refractivity contribution in [3.63, 3.8) is 0 Å². The number of rotatable bonds is 6. The number of nitrogens with one attached hydrogen (secondary N) is 1. The molecular weight excluding hydrogens is 464 g/mol. The molecule has 0 saturated carbocycles. The molecule has 0 bridgehead atoms. The fourth-order valence-electron chi connectivity index (χ4n) is 3.18. The van der Waals surface area contributed by atoms with Crippen molar-refractivity contribution >= 4 is 38.6 Å². The number of ether oxygens (including phenoxy) is 3. The van der Waals surface area contributed by atoms with Gasteiger partial charge in [-0.05, 0) is 58.4 Å². The first-order valence-electron chi connectivity index (χ1n) is 9.31. The van der Waals surface area contributed by atoms with E-state index in [1.807, 2.05) is 18.2 Å². The second-order valence-corrected chi connectivity index (χ2v) is 7.40. The molecule has 3 aromatic carbocycles. The number of methoxy groups -OCH3 is 3. The van der Waals surface area contributed by atoms with Crippen molar-refractivity contribution in [2.75, 3.05) is 26.6 Å². The van der Waals surface area contributed by atoms with Crippen molar-refractivity contribution in [3.05, 3.63) is 64.6 Å². The van der Waals surface area contributed by atoms with Crippen LogP contribution < -0.4 is 19.5 Å². The molecule has 0 radical (unpaired) electrons. The summed E-state index contributed by atoms with van der Waals surface area (Å²) in [4.78, 5) is 17.1. The second-order valence-electron chi connectivity index (χ2n) is 6.55. The average molecular weight is 483 g/mol. The quantitative estimate of drug-likeness (QED) is 0.388. The van der Waals surface area contributed by atoms with Gasteiger partial charge in [-0.1, -0.05) is 12.1 Å². The minimum absolute atomic E-state index is 0.222. The zero-order valence-corrected chi connectivity index (χ0v) is 18.6. The van der Waals surface area contributed by atoms with Crippen LogP contribution in [0.25, 0.3) is 22.6 Å². The number of aromatic nitrogens is 1. The van der Waals surface area contributed by atoms with Gasteiger partial charge in [0.2, 0.25) is 11.6 Å². The van der Waals surface area contributed by atoms with Crippen LogP contribution in [0.2, 0.25) is 0 Å². The van der Waals surface area contributed by atoms with Gasteiger partial charge in [-0.25, -0.2) is 4.98 Å². The van der Waals surface area contributed by atoms with Crippen LogP contribution in [0.5, 0.6) is 17.2 Å². The third-order valence-corrected chi connectivity index (χ3v) is 5.37. The smallest absolute Gasteiger partial charge is 0.256 e. The highest BCUT2D eigenvalue weighted by Crippen LogP contribution is 2.41. The Labute approximate surface area is 187 Å². The summed E-state index contributed by atoms with van der Waals surface area (Å²) >= 11 is 3.40. The van der Waals surface area contributed by atoms with Gasteiger partial charge in [-0.2, -0.15) is 0 Å². The van der Waals surface area contributed by atoms with Gasteiger partial charge in [-0.15, -0.1) is 0 Å². The zero-order chi connectivity index (χ0) is 22.0. The molecule has 31 heavy (non-hydrogen) atoms. The zero-order valence-electron chi connectivity index (χ0n) is 17.1. The maximum absolute atomic E-state index is 12.6. The van der Waals surface area contributed by atoms with E-state index in [9.17, 15) is 4.79 Å². The molecule has 1 N–H and O–H groups in total. The van der Waals surface area contributed by atoms with Gasteiger partial charge in [-0.3, -0.25) is 4.79 Å². The third-order valence-electron chi connectivity index (χ3n) is 4.68. The summed E-state index contributed by atoms with van der Waals surface area (Å²) in [6, 6.07) is 16.0. The van der Waals surface area contributed by atoms with Crippen LogP contribution in [-0.4, -0.2) is 32.2 Å². The molecular formula is C23H19BrN2O5. The molecule has 4 rings (SSSR count). The SMILES string of the molecule is COc1cc(-c2nc3cc(NC(=O)c4ccccc4Br)ccc3o2)cc(OC)c1OC. The first-order valence-corrected chi connectivity index (χ1v) is 10.1. The molecule has 1 amide bonds. The molecule has 1 heterocycles. The number of amides is 1. The van der Waals surface area contributed by atoms with E-state index in [-0.39, 0.29) is 5.91 Å². The summed E-state index contributed by atoms with van der Waals surface area (Å²) in [5.41, 5.74) is 3.01. The predicted octanol–water partition coefficient (Wildman–Crippen LogP) is 5.54. The van der Waals surface area contributed by atoms with Crippen LogP contribution in [0, 0.1) is 0 Å². The van der Waals surface area contributed by atoms with Crippen molar-refractivity contribution in [1.29, 1.82) is 0 Å². The molecule has 0 fully saturated rings. The minimum atomic E-state index is -0.222.